The molecule has 1 unspecified atom stereocenters. The van der Waals surface area contributed by atoms with Crippen LogP contribution in [0.5, 0.6) is 0 Å². The van der Waals surface area contributed by atoms with Gasteiger partial charge in [-0.15, -0.1) is 0 Å². The van der Waals surface area contributed by atoms with Crippen molar-refractivity contribution in [3.63, 3.8) is 0 Å². The maximum Gasteiger partial charge on any atom is 0.0713 e. The summed E-state index contributed by atoms with van der Waals surface area (Å²) >= 11 is 0. The van der Waals surface area contributed by atoms with Gasteiger partial charge in [0.15, 0.2) is 0 Å². The van der Waals surface area contributed by atoms with Gasteiger partial charge in [0.1, 0.15) is 0 Å². The van der Waals surface area contributed by atoms with Crippen molar-refractivity contribution in [3.05, 3.63) is 35.9 Å². The molecular weight excluding hydrogens is 196 g/mol. The van der Waals surface area contributed by atoms with Gasteiger partial charge in [-0.2, -0.15) is 0 Å². The molecule has 16 heavy (non-hydrogen) atoms. The summed E-state index contributed by atoms with van der Waals surface area (Å²) in [5.41, 5.74) is 0.648. The van der Waals surface area contributed by atoms with Crippen molar-refractivity contribution in [2.75, 3.05) is 0 Å². The fourth-order valence-corrected chi connectivity index (χ4v) is 2.17. The van der Waals surface area contributed by atoms with E-state index < -0.39 is 5.60 Å². The Balaban J connectivity index is 2.79. The lowest BCUT2D eigenvalue weighted by molar-refractivity contribution is -0.0229. The van der Waals surface area contributed by atoms with E-state index in [2.05, 4.69) is 39.8 Å². The summed E-state index contributed by atoms with van der Waals surface area (Å²) in [4.78, 5) is 0. The topological polar surface area (TPSA) is 20.2 Å². The highest BCUT2D eigenvalue weighted by Gasteiger charge is 2.31. The lowest BCUT2D eigenvalue weighted by Gasteiger charge is -2.34. The Morgan fingerprint density at radius 1 is 1.06 bits per heavy atom. The molecule has 1 aromatic carbocycles. The Morgan fingerprint density at radius 2 is 1.62 bits per heavy atom. The Labute approximate surface area is 99.5 Å². The van der Waals surface area contributed by atoms with Crippen molar-refractivity contribution in [1.29, 1.82) is 0 Å². The highest BCUT2D eigenvalue weighted by atomic mass is 16.3. The van der Waals surface area contributed by atoms with E-state index in [0.29, 0.717) is 5.92 Å². The number of aliphatic hydroxyl groups is 1. The molecule has 0 aromatic heterocycles. The fraction of sp³-hybridized carbons (Fsp3) is 0.600. The highest BCUT2D eigenvalue weighted by Crippen LogP contribution is 2.29. The third kappa shape index (κ3) is 3.64. The third-order valence-corrected chi connectivity index (χ3v) is 3.19. The lowest BCUT2D eigenvalue weighted by Crippen LogP contribution is -2.38. The normalized spacial score (nSPS) is 15.4. The summed E-state index contributed by atoms with van der Waals surface area (Å²) in [6.07, 6.45) is 1.61. The maximum atomic E-state index is 10.7. The highest BCUT2D eigenvalue weighted by molar-refractivity contribution is 5.17. The third-order valence-electron chi connectivity index (χ3n) is 3.19. The zero-order chi connectivity index (χ0) is 12.2. The van der Waals surface area contributed by atoms with Gasteiger partial charge in [-0.3, -0.25) is 0 Å². The van der Waals surface area contributed by atoms with Crippen LogP contribution in [0, 0.1) is 11.8 Å². The van der Waals surface area contributed by atoms with Crippen LogP contribution in [-0.4, -0.2) is 10.7 Å². The Bertz CT molecular complexity index is 302. The Kier molecular flexibility index (Phi) is 4.55. The van der Waals surface area contributed by atoms with Crippen molar-refractivity contribution < 1.29 is 5.11 Å². The minimum Gasteiger partial charge on any atom is -0.389 e. The molecule has 0 saturated heterocycles. The van der Waals surface area contributed by atoms with Gasteiger partial charge in [-0.05, 0) is 23.8 Å². The van der Waals surface area contributed by atoms with Gasteiger partial charge in [-0.1, -0.05) is 58.0 Å². The van der Waals surface area contributed by atoms with E-state index in [1.54, 1.807) is 0 Å². The summed E-state index contributed by atoms with van der Waals surface area (Å²) in [5.74, 6) is 0.811. The zero-order valence-electron chi connectivity index (χ0n) is 10.9. The van der Waals surface area contributed by atoms with Gasteiger partial charge in [0.2, 0.25) is 0 Å². The van der Waals surface area contributed by atoms with Crippen molar-refractivity contribution >= 4 is 0 Å². The molecule has 0 aliphatic heterocycles. The molecule has 1 nitrogen and oxygen atoms in total. The summed E-state index contributed by atoms with van der Waals surface area (Å²) in [5, 5.41) is 10.7. The van der Waals surface area contributed by atoms with Gasteiger partial charge in [0.25, 0.3) is 0 Å². The summed E-state index contributed by atoms with van der Waals surface area (Å²) in [6, 6.07) is 10.3. The monoisotopic (exact) mass is 220 g/mol. The van der Waals surface area contributed by atoms with Crippen LogP contribution < -0.4 is 0 Å². The van der Waals surface area contributed by atoms with Crippen LogP contribution in [0.2, 0.25) is 0 Å². The van der Waals surface area contributed by atoms with Crippen LogP contribution in [0.15, 0.2) is 30.3 Å². The Morgan fingerprint density at radius 3 is 2.06 bits per heavy atom. The molecule has 1 heteroatoms. The van der Waals surface area contributed by atoms with Crippen molar-refractivity contribution in [2.24, 2.45) is 11.8 Å². The first-order valence-corrected chi connectivity index (χ1v) is 6.20. The Hall–Kier alpha value is -0.820. The number of benzene rings is 1. The molecule has 1 atom stereocenters. The first-order valence-electron chi connectivity index (χ1n) is 6.20. The van der Waals surface area contributed by atoms with Crippen LogP contribution in [0.25, 0.3) is 0 Å². The molecule has 0 heterocycles. The molecule has 0 fully saturated rings. The first-order chi connectivity index (χ1) is 7.44. The quantitative estimate of drug-likeness (QED) is 0.803. The SMILES string of the molecule is CC(C)CC(O)(Cc1ccccc1)C(C)C. The van der Waals surface area contributed by atoms with Crippen LogP contribution >= 0.6 is 0 Å². The second-order valence-corrected chi connectivity index (χ2v) is 5.52. The summed E-state index contributed by atoms with van der Waals surface area (Å²) in [6.45, 7) is 8.54. The van der Waals surface area contributed by atoms with E-state index in [4.69, 9.17) is 0 Å². The smallest absolute Gasteiger partial charge is 0.0713 e. The van der Waals surface area contributed by atoms with E-state index in [-0.39, 0.29) is 5.92 Å². The van der Waals surface area contributed by atoms with Crippen LogP contribution in [0.4, 0.5) is 0 Å². The maximum absolute atomic E-state index is 10.7. The molecule has 90 valence electrons. The lowest BCUT2D eigenvalue weighted by atomic mass is 9.78. The van der Waals surface area contributed by atoms with E-state index >= 15 is 0 Å². The molecule has 0 spiro atoms. The minimum absolute atomic E-state index is 0.287. The molecule has 0 amide bonds. The van der Waals surface area contributed by atoms with E-state index in [1.807, 2.05) is 18.2 Å². The van der Waals surface area contributed by atoms with Crippen molar-refractivity contribution in [2.45, 2.75) is 46.1 Å². The molecule has 1 aromatic rings. The summed E-state index contributed by atoms with van der Waals surface area (Å²) in [7, 11) is 0. The first kappa shape index (κ1) is 13.2. The molecule has 0 aliphatic rings. The number of hydrogen-bond donors (Lipinski definition) is 1. The van der Waals surface area contributed by atoms with Gasteiger partial charge >= 0.3 is 0 Å². The molecule has 0 bridgehead atoms. The predicted molar refractivity (Wildman–Crippen MR) is 69.4 cm³/mol. The van der Waals surface area contributed by atoms with Crippen LogP contribution in [0.3, 0.4) is 0 Å². The molecule has 1 N–H and O–H groups in total. The molecule has 0 saturated carbocycles. The predicted octanol–water partition coefficient (Wildman–Crippen LogP) is 3.66. The second kappa shape index (κ2) is 5.49. The van der Waals surface area contributed by atoms with E-state index in [9.17, 15) is 5.11 Å². The fourth-order valence-electron chi connectivity index (χ4n) is 2.17. The van der Waals surface area contributed by atoms with Gasteiger partial charge in [-0.25, -0.2) is 0 Å². The standard InChI is InChI=1S/C15H24O/c1-12(2)10-15(16,13(3)4)11-14-8-6-5-7-9-14/h5-9,12-13,16H,10-11H2,1-4H3. The average Bonchev–Trinajstić information content (AvgIpc) is 2.17. The number of rotatable bonds is 5. The van der Waals surface area contributed by atoms with Gasteiger partial charge in [0.05, 0.1) is 5.60 Å². The second-order valence-electron chi connectivity index (χ2n) is 5.52. The largest absolute Gasteiger partial charge is 0.389 e. The molecule has 0 aliphatic carbocycles. The molecule has 0 radical (unpaired) electrons. The van der Waals surface area contributed by atoms with Gasteiger partial charge < -0.3 is 5.11 Å². The van der Waals surface area contributed by atoms with Crippen LogP contribution in [-0.2, 0) is 6.42 Å². The average molecular weight is 220 g/mol. The van der Waals surface area contributed by atoms with E-state index in [0.717, 1.165) is 12.8 Å². The van der Waals surface area contributed by atoms with Crippen molar-refractivity contribution in [1.82, 2.24) is 0 Å². The molecular formula is C15H24O. The zero-order valence-corrected chi connectivity index (χ0v) is 10.9. The van der Waals surface area contributed by atoms with Crippen molar-refractivity contribution in [3.8, 4) is 0 Å². The molecule has 1 rings (SSSR count). The van der Waals surface area contributed by atoms with Gasteiger partial charge in [0, 0.05) is 6.42 Å². The van der Waals surface area contributed by atoms with Crippen LogP contribution in [0.1, 0.15) is 39.7 Å². The van der Waals surface area contributed by atoms with E-state index in [1.165, 1.54) is 5.56 Å². The summed E-state index contributed by atoms with van der Waals surface area (Å²) < 4.78 is 0. The number of hydrogen-bond acceptors (Lipinski definition) is 1. The minimum atomic E-state index is -0.574.